The Morgan fingerprint density at radius 3 is 2.75 bits per heavy atom. The molecule has 0 aromatic carbocycles. The lowest BCUT2D eigenvalue weighted by atomic mass is 10.2. The minimum absolute atomic E-state index is 0.129. The van der Waals surface area contributed by atoms with Gasteiger partial charge in [0.1, 0.15) is 6.04 Å². The molecule has 3 N–H and O–H groups in total. The first-order chi connectivity index (χ1) is 9.41. The Balaban J connectivity index is 2.52. The molecule has 1 aromatic heterocycles. The predicted octanol–water partition coefficient (Wildman–Crippen LogP) is 0.142. The van der Waals surface area contributed by atoms with E-state index in [1.807, 2.05) is 0 Å². The highest BCUT2D eigenvalue weighted by atomic mass is 16.6. The molecule has 106 valence electrons. The maximum absolute atomic E-state index is 11.4. The average molecular weight is 280 g/mol. The lowest BCUT2D eigenvalue weighted by Gasteiger charge is -2.22. The van der Waals surface area contributed by atoms with Crippen molar-refractivity contribution in [3.63, 3.8) is 0 Å². The third kappa shape index (κ3) is 2.37. The Hall–Kier alpha value is -2.71. The van der Waals surface area contributed by atoms with Crippen LogP contribution in [-0.2, 0) is 4.79 Å². The molecule has 9 nitrogen and oxygen atoms in total. The monoisotopic (exact) mass is 280 g/mol. The quantitative estimate of drug-likeness (QED) is 0.590. The number of carbonyl (C=O) groups is 2. The number of rotatable bonds is 4. The van der Waals surface area contributed by atoms with Crippen molar-refractivity contribution in [2.45, 2.75) is 18.9 Å². The third-order valence-electron chi connectivity index (χ3n) is 3.12. The highest BCUT2D eigenvalue weighted by Crippen LogP contribution is 2.31. The third-order valence-corrected chi connectivity index (χ3v) is 3.12. The summed E-state index contributed by atoms with van der Waals surface area (Å²) in [6.07, 6.45) is 1.09. The van der Waals surface area contributed by atoms with E-state index in [1.165, 1.54) is 4.90 Å². The number of nitrogens with two attached hydrogens (primary N) is 1. The van der Waals surface area contributed by atoms with Crippen molar-refractivity contribution in [3.8, 4) is 0 Å². The van der Waals surface area contributed by atoms with Crippen LogP contribution in [0.1, 0.15) is 23.3 Å². The lowest BCUT2D eigenvalue weighted by Crippen LogP contribution is -2.41. The van der Waals surface area contributed by atoms with Crippen molar-refractivity contribution in [3.05, 3.63) is 27.9 Å². The maximum Gasteiger partial charge on any atom is 0.354 e. The van der Waals surface area contributed by atoms with Gasteiger partial charge in [-0.25, -0.2) is 9.78 Å². The van der Waals surface area contributed by atoms with Gasteiger partial charge in [0.05, 0.1) is 4.92 Å². The van der Waals surface area contributed by atoms with Crippen LogP contribution in [0.4, 0.5) is 11.5 Å². The standard InChI is InChI=1S/C11H12N4O5/c12-9(16)7-2-1-5-14(7)10-8(15(19)20)4-3-6(13-10)11(17)18/h3-4,7H,1-2,5H2,(H2,12,16)(H,17,18). The van der Waals surface area contributed by atoms with Gasteiger partial charge in [-0.1, -0.05) is 0 Å². The summed E-state index contributed by atoms with van der Waals surface area (Å²) in [5.74, 6) is -2.04. The topological polar surface area (TPSA) is 140 Å². The average Bonchev–Trinajstić information content (AvgIpc) is 2.86. The Kier molecular flexibility index (Phi) is 3.51. The van der Waals surface area contributed by atoms with Crippen molar-refractivity contribution in [2.24, 2.45) is 5.73 Å². The second-order valence-corrected chi connectivity index (χ2v) is 4.36. The van der Waals surface area contributed by atoms with Crippen molar-refractivity contribution >= 4 is 23.4 Å². The van der Waals surface area contributed by atoms with Crippen molar-refractivity contribution < 1.29 is 19.6 Å². The molecule has 0 aliphatic carbocycles. The molecule has 1 unspecified atom stereocenters. The summed E-state index contributed by atoms with van der Waals surface area (Å²) < 4.78 is 0. The number of carbonyl (C=O) groups excluding carboxylic acids is 1. The van der Waals surface area contributed by atoms with Gasteiger partial charge in [-0.05, 0) is 18.9 Å². The number of aromatic nitrogens is 1. The van der Waals surface area contributed by atoms with Crippen LogP contribution < -0.4 is 10.6 Å². The number of pyridine rings is 1. The molecule has 0 saturated carbocycles. The van der Waals surface area contributed by atoms with E-state index >= 15 is 0 Å². The Morgan fingerprint density at radius 2 is 2.20 bits per heavy atom. The highest BCUT2D eigenvalue weighted by Gasteiger charge is 2.34. The van der Waals surface area contributed by atoms with Crippen molar-refractivity contribution in [1.29, 1.82) is 0 Å². The maximum atomic E-state index is 11.4. The number of anilines is 1. The number of amides is 1. The van der Waals surface area contributed by atoms with Gasteiger partial charge in [-0.15, -0.1) is 0 Å². The normalized spacial score (nSPS) is 18.0. The molecule has 9 heteroatoms. The fourth-order valence-electron chi connectivity index (χ4n) is 2.23. The van der Waals surface area contributed by atoms with Crippen LogP contribution in [0.5, 0.6) is 0 Å². The van der Waals surface area contributed by atoms with Crippen molar-refractivity contribution in [2.75, 3.05) is 11.4 Å². The lowest BCUT2D eigenvalue weighted by molar-refractivity contribution is -0.384. The molecule has 1 aromatic rings. The van der Waals surface area contributed by atoms with E-state index in [4.69, 9.17) is 10.8 Å². The van der Waals surface area contributed by atoms with E-state index in [0.29, 0.717) is 19.4 Å². The second kappa shape index (κ2) is 5.11. The Bertz CT molecular complexity index is 588. The van der Waals surface area contributed by atoms with Crippen LogP contribution in [0.25, 0.3) is 0 Å². The zero-order valence-corrected chi connectivity index (χ0v) is 10.4. The minimum Gasteiger partial charge on any atom is -0.477 e. The number of nitrogens with zero attached hydrogens (tertiary/aromatic N) is 3. The molecule has 2 rings (SSSR count). The van der Waals surface area contributed by atoms with Crippen molar-refractivity contribution in [1.82, 2.24) is 4.98 Å². The zero-order chi connectivity index (χ0) is 14.9. The summed E-state index contributed by atoms with van der Waals surface area (Å²) in [6.45, 7) is 0.366. The van der Waals surface area contributed by atoms with Crippen LogP contribution in [0.15, 0.2) is 12.1 Å². The second-order valence-electron chi connectivity index (χ2n) is 4.36. The highest BCUT2D eigenvalue weighted by molar-refractivity contribution is 5.88. The molecule has 0 spiro atoms. The van der Waals surface area contributed by atoms with E-state index in [1.54, 1.807) is 0 Å². The molecule has 1 aliphatic heterocycles. The van der Waals surface area contributed by atoms with Crippen LogP contribution in [0.3, 0.4) is 0 Å². The molecule has 0 radical (unpaired) electrons. The van der Waals surface area contributed by atoms with E-state index in [0.717, 1.165) is 12.1 Å². The number of aromatic carboxylic acids is 1. The minimum atomic E-state index is -1.30. The molecule has 1 fully saturated rings. The van der Waals surface area contributed by atoms with Crippen LogP contribution in [-0.4, -0.2) is 39.5 Å². The number of carboxylic acid groups (broad SMARTS) is 1. The summed E-state index contributed by atoms with van der Waals surface area (Å²) in [5, 5.41) is 19.9. The first-order valence-corrected chi connectivity index (χ1v) is 5.86. The van der Waals surface area contributed by atoms with Gasteiger partial charge in [-0.2, -0.15) is 0 Å². The molecule has 1 aliphatic rings. The number of primary amides is 1. The molecule has 20 heavy (non-hydrogen) atoms. The molecule has 0 bridgehead atoms. The first-order valence-electron chi connectivity index (χ1n) is 5.86. The summed E-state index contributed by atoms with van der Waals surface area (Å²) >= 11 is 0. The predicted molar refractivity (Wildman–Crippen MR) is 67.4 cm³/mol. The summed E-state index contributed by atoms with van der Waals surface area (Å²) in [4.78, 5) is 37.8. The number of hydrogen-bond donors (Lipinski definition) is 2. The molecule has 1 saturated heterocycles. The number of hydrogen-bond acceptors (Lipinski definition) is 6. The Morgan fingerprint density at radius 1 is 1.50 bits per heavy atom. The molecule has 2 heterocycles. The van der Waals surface area contributed by atoms with Gasteiger partial charge in [0.2, 0.25) is 11.7 Å². The van der Waals surface area contributed by atoms with Crippen LogP contribution in [0, 0.1) is 10.1 Å². The van der Waals surface area contributed by atoms with E-state index in [2.05, 4.69) is 4.98 Å². The molecular formula is C11H12N4O5. The molecule has 1 atom stereocenters. The van der Waals surface area contributed by atoms with E-state index < -0.39 is 22.8 Å². The smallest absolute Gasteiger partial charge is 0.354 e. The van der Waals surface area contributed by atoms with Gasteiger partial charge in [-0.3, -0.25) is 14.9 Å². The SMILES string of the molecule is NC(=O)C1CCCN1c1nc(C(=O)O)ccc1[N+](=O)[O-]. The number of nitro groups is 1. The van der Waals surface area contributed by atoms with E-state index in [-0.39, 0.29) is 17.2 Å². The first kappa shape index (κ1) is 13.7. The summed E-state index contributed by atoms with van der Waals surface area (Å²) in [6, 6.07) is 1.42. The van der Waals surface area contributed by atoms with Gasteiger partial charge >= 0.3 is 11.7 Å². The summed E-state index contributed by atoms with van der Waals surface area (Å²) in [5.41, 5.74) is 4.59. The van der Waals surface area contributed by atoms with E-state index in [9.17, 15) is 19.7 Å². The van der Waals surface area contributed by atoms with Gasteiger partial charge < -0.3 is 15.7 Å². The Labute approximate surface area is 113 Å². The van der Waals surface area contributed by atoms with Gasteiger partial charge in [0, 0.05) is 12.6 Å². The van der Waals surface area contributed by atoms with Gasteiger partial charge in [0.15, 0.2) is 5.69 Å². The molecular weight excluding hydrogens is 268 g/mol. The number of carboxylic acids is 1. The zero-order valence-electron chi connectivity index (χ0n) is 10.4. The largest absolute Gasteiger partial charge is 0.477 e. The van der Waals surface area contributed by atoms with Crippen LogP contribution in [0.2, 0.25) is 0 Å². The fraction of sp³-hybridized carbons (Fsp3) is 0.364. The van der Waals surface area contributed by atoms with Gasteiger partial charge in [0.25, 0.3) is 0 Å². The molecule has 1 amide bonds. The summed E-state index contributed by atoms with van der Waals surface area (Å²) in [7, 11) is 0. The fourth-order valence-corrected chi connectivity index (χ4v) is 2.23. The van der Waals surface area contributed by atoms with Crippen LogP contribution >= 0.6 is 0 Å².